The lowest BCUT2D eigenvalue weighted by molar-refractivity contribution is 0.101. The summed E-state index contributed by atoms with van der Waals surface area (Å²) in [5, 5.41) is 10.2. The molecule has 0 aromatic heterocycles. The minimum atomic E-state index is -0.114. The fourth-order valence-corrected chi connectivity index (χ4v) is 5.09. The summed E-state index contributed by atoms with van der Waals surface area (Å²) in [6.45, 7) is 12.7. The molecule has 0 radical (unpaired) electrons. The molecule has 0 aliphatic heterocycles. The van der Waals surface area contributed by atoms with Crippen molar-refractivity contribution >= 4 is 5.78 Å². The Morgan fingerprint density at radius 1 is 1.42 bits per heavy atom. The van der Waals surface area contributed by atoms with Crippen molar-refractivity contribution in [2.45, 2.75) is 52.9 Å². The topological polar surface area (TPSA) is 46.5 Å². The van der Waals surface area contributed by atoms with Gasteiger partial charge in [0.1, 0.15) is 18.1 Å². The molecule has 130 valence electrons. The number of ketones is 1. The van der Waals surface area contributed by atoms with Crippen LogP contribution in [-0.4, -0.2) is 17.5 Å². The standard InChI is InChI=1S/C21H28O3/c1-6-9-24-19-12-18(23)15(13(2)22)11-16(19)17-10-14-7-8-21(17,5)20(14,3)4/h6,11-12,14,17,23H,1,7-10H2,2-5H3. The van der Waals surface area contributed by atoms with Gasteiger partial charge in [-0.3, -0.25) is 4.79 Å². The number of hydrogen-bond donors (Lipinski definition) is 1. The zero-order chi connectivity index (χ0) is 17.7. The van der Waals surface area contributed by atoms with Crippen molar-refractivity contribution in [3.05, 3.63) is 35.9 Å². The molecule has 3 atom stereocenters. The van der Waals surface area contributed by atoms with Crippen LogP contribution in [0.2, 0.25) is 0 Å². The predicted octanol–water partition coefficient (Wildman–Crippen LogP) is 5.09. The van der Waals surface area contributed by atoms with Gasteiger partial charge in [0, 0.05) is 6.07 Å². The van der Waals surface area contributed by atoms with Crippen molar-refractivity contribution in [1.82, 2.24) is 0 Å². The lowest BCUT2D eigenvalue weighted by Crippen LogP contribution is -2.31. The van der Waals surface area contributed by atoms with E-state index >= 15 is 0 Å². The average molecular weight is 328 g/mol. The molecule has 3 rings (SSSR count). The fraction of sp³-hybridized carbons (Fsp3) is 0.571. The summed E-state index contributed by atoms with van der Waals surface area (Å²) in [6, 6.07) is 3.47. The second-order valence-corrected chi connectivity index (χ2v) is 8.23. The van der Waals surface area contributed by atoms with Crippen molar-refractivity contribution in [3.8, 4) is 11.5 Å². The van der Waals surface area contributed by atoms with Gasteiger partial charge >= 0.3 is 0 Å². The molecule has 24 heavy (non-hydrogen) atoms. The maximum absolute atomic E-state index is 11.9. The van der Waals surface area contributed by atoms with Crippen molar-refractivity contribution < 1.29 is 14.6 Å². The predicted molar refractivity (Wildman–Crippen MR) is 95.8 cm³/mol. The second-order valence-electron chi connectivity index (χ2n) is 8.23. The number of phenols is 1. The van der Waals surface area contributed by atoms with Gasteiger partial charge in [0.25, 0.3) is 0 Å². The van der Waals surface area contributed by atoms with Crippen molar-refractivity contribution in [2.75, 3.05) is 6.61 Å². The number of ether oxygens (including phenoxy) is 1. The van der Waals surface area contributed by atoms with Crippen LogP contribution in [0.1, 0.15) is 68.8 Å². The largest absolute Gasteiger partial charge is 0.507 e. The molecule has 0 amide bonds. The number of phenolic OH excluding ortho intramolecular Hbond substituents is 1. The molecule has 0 saturated heterocycles. The molecule has 3 heteroatoms. The van der Waals surface area contributed by atoms with E-state index in [-0.39, 0.29) is 22.4 Å². The number of rotatable bonds is 5. The summed E-state index contributed by atoms with van der Waals surface area (Å²) in [4.78, 5) is 11.9. The number of carbonyl (C=O) groups is 1. The van der Waals surface area contributed by atoms with Gasteiger partial charge in [-0.05, 0) is 60.5 Å². The van der Waals surface area contributed by atoms with Gasteiger partial charge in [0.05, 0.1) is 5.56 Å². The van der Waals surface area contributed by atoms with Crippen LogP contribution in [0.4, 0.5) is 0 Å². The van der Waals surface area contributed by atoms with Crippen LogP contribution in [-0.2, 0) is 0 Å². The highest BCUT2D eigenvalue weighted by atomic mass is 16.5. The van der Waals surface area contributed by atoms with Crippen LogP contribution >= 0.6 is 0 Å². The highest BCUT2D eigenvalue weighted by molar-refractivity contribution is 5.97. The zero-order valence-electron chi connectivity index (χ0n) is 15.2. The lowest BCUT2D eigenvalue weighted by atomic mass is 9.65. The van der Waals surface area contributed by atoms with Crippen LogP contribution in [0.3, 0.4) is 0 Å². The summed E-state index contributed by atoms with van der Waals surface area (Å²) in [6.07, 6.45) is 5.30. The molecule has 1 N–H and O–H groups in total. The maximum atomic E-state index is 11.9. The van der Waals surface area contributed by atoms with Gasteiger partial charge < -0.3 is 9.84 Å². The molecular formula is C21H28O3. The molecule has 2 fully saturated rings. The molecule has 3 unspecified atom stereocenters. The monoisotopic (exact) mass is 328 g/mol. The Bertz CT molecular complexity index is 689. The molecule has 0 heterocycles. The Morgan fingerprint density at radius 3 is 2.62 bits per heavy atom. The third kappa shape index (κ3) is 2.28. The normalized spacial score (nSPS) is 30.3. The summed E-state index contributed by atoms with van der Waals surface area (Å²) < 4.78 is 5.85. The molecule has 0 spiro atoms. The highest BCUT2D eigenvalue weighted by Gasteiger charge is 2.61. The molecule has 2 saturated carbocycles. The molecule has 1 aromatic carbocycles. The highest BCUT2D eigenvalue weighted by Crippen LogP contribution is 2.71. The first kappa shape index (κ1) is 17.1. The van der Waals surface area contributed by atoms with E-state index in [9.17, 15) is 9.90 Å². The Morgan fingerprint density at radius 2 is 2.12 bits per heavy atom. The van der Waals surface area contributed by atoms with Gasteiger partial charge in [-0.25, -0.2) is 0 Å². The van der Waals surface area contributed by atoms with Gasteiger partial charge in [-0.2, -0.15) is 0 Å². The molecule has 1 aromatic rings. The van der Waals surface area contributed by atoms with E-state index in [1.54, 1.807) is 12.1 Å². The number of aromatic hydroxyl groups is 1. The maximum Gasteiger partial charge on any atom is 0.163 e. The Hall–Kier alpha value is -1.77. The molecule has 2 aliphatic carbocycles. The molecule has 2 aliphatic rings. The fourth-order valence-electron chi connectivity index (χ4n) is 5.09. The summed E-state index contributed by atoms with van der Waals surface area (Å²) in [5.41, 5.74) is 1.93. The van der Waals surface area contributed by atoms with Gasteiger partial charge in [0.15, 0.2) is 5.78 Å². The number of hydrogen-bond acceptors (Lipinski definition) is 3. The minimum absolute atomic E-state index is 0.00196. The van der Waals surface area contributed by atoms with Crippen LogP contribution in [0.25, 0.3) is 0 Å². The van der Waals surface area contributed by atoms with Gasteiger partial charge in [-0.1, -0.05) is 33.4 Å². The van der Waals surface area contributed by atoms with E-state index in [0.29, 0.717) is 29.8 Å². The van der Waals surface area contributed by atoms with Gasteiger partial charge in [0.2, 0.25) is 0 Å². The van der Waals surface area contributed by atoms with E-state index in [4.69, 9.17) is 4.74 Å². The summed E-state index contributed by atoms with van der Waals surface area (Å²) >= 11 is 0. The zero-order valence-corrected chi connectivity index (χ0v) is 15.2. The van der Waals surface area contributed by atoms with Crippen molar-refractivity contribution in [3.63, 3.8) is 0 Å². The van der Waals surface area contributed by atoms with E-state index < -0.39 is 0 Å². The first-order valence-corrected chi connectivity index (χ1v) is 8.84. The minimum Gasteiger partial charge on any atom is -0.507 e. The SMILES string of the molecule is C=CCOc1cc(O)c(C(C)=O)cc1C1CC2CCC1(C)C2(C)C. The van der Waals surface area contributed by atoms with E-state index in [0.717, 1.165) is 12.0 Å². The molecule has 2 bridgehead atoms. The van der Waals surface area contributed by atoms with Crippen molar-refractivity contribution in [2.24, 2.45) is 16.7 Å². The molecule has 3 nitrogen and oxygen atoms in total. The van der Waals surface area contributed by atoms with Crippen LogP contribution in [0, 0.1) is 16.7 Å². The first-order chi connectivity index (χ1) is 11.2. The Kier molecular flexibility index (Phi) is 4.01. The third-order valence-electron chi connectivity index (χ3n) is 7.03. The summed E-state index contributed by atoms with van der Waals surface area (Å²) in [5.74, 6) is 1.63. The number of benzene rings is 1. The number of Topliss-reactive ketones (excluding diaryl/α,β-unsaturated/α-hetero) is 1. The number of carbonyl (C=O) groups excluding carboxylic acids is 1. The van der Waals surface area contributed by atoms with E-state index in [1.807, 2.05) is 6.07 Å². The smallest absolute Gasteiger partial charge is 0.163 e. The van der Waals surface area contributed by atoms with Crippen LogP contribution in [0.15, 0.2) is 24.8 Å². The van der Waals surface area contributed by atoms with Crippen molar-refractivity contribution in [1.29, 1.82) is 0 Å². The lowest BCUT2D eigenvalue weighted by Gasteiger charge is -2.40. The Balaban J connectivity index is 2.11. The average Bonchev–Trinajstić information content (AvgIpc) is 2.85. The molecular weight excluding hydrogens is 300 g/mol. The van der Waals surface area contributed by atoms with E-state index in [1.165, 1.54) is 19.8 Å². The number of fused-ring (bicyclic) bond motifs is 2. The quantitative estimate of drug-likeness (QED) is 0.605. The van der Waals surface area contributed by atoms with Gasteiger partial charge in [-0.15, -0.1) is 0 Å². The van der Waals surface area contributed by atoms with Crippen LogP contribution in [0.5, 0.6) is 11.5 Å². The first-order valence-electron chi connectivity index (χ1n) is 8.84. The third-order valence-corrected chi connectivity index (χ3v) is 7.03. The second kappa shape index (κ2) is 5.65. The van der Waals surface area contributed by atoms with Crippen LogP contribution < -0.4 is 4.74 Å². The Labute approximate surface area is 144 Å². The summed E-state index contributed by atoms with van der Waals surface area (Å²) in [7, 11) is 0. The van der Waals surface area contributed by atoms with E-state index in [2.05, 4.69) is 27.4 Å².